The molecule has 1 aromatic rings. The number of nitrogens with two attached hydrogens (primary N) is 1. The Labute approximate surface area is 136 Å². The summed E-state index contributed by atoms with van der Waals surface area (Å²) in [5, 5.41) is 5.25. The number of rotatable bonds is 8. The summed E-state index contributed by atoms with van der Waals surface area (Å²) in [6.07, 6.45) is 2.50. The lowest BCUT2D eigenvalue weighted by atomic mass is 10.1. The first kappa shape index (κ1) is 17.3. The molecule has 0 radical (unpaired) electrons. The van der Waals surface area contributed by atoms with Gasteiger partial charge in [0.15, 0.2) is 0 Å². The summed E-state index contributed by atoms with van der Waals surface area (Å²) in [6.45, 7) is 4.38. The van der Waals surface area contributed by atoms with E-state index in [0.717, 1.165) is 12.4 Å². The van der Waals surface area contributed by atoms with E-state index in [0.29, 0.717) is 11.6 Å². The number of nitrogens with one attached hydrogen (secondary N) is 2. The van der Waals surface area contributed by atoms with Gasteiger partial charge in [0.1, 0.15) is 5.75 Å². The molecule has 2 amide bonds. The molecule has 1 aromatic carbocycles. The minimum atomic E-state index is -0.606. The molecule has 1 fully saturated rings. The predicted octanol–water partition coefficient (Wildman–Crippen LogP) is 1.51. The minimum Gasteiger partial charge on any atom is -0.493 e. The third-order valence-corrected chi connectivity index (χ3v) is 3.76. The van der Waals surface area contributed by atoms with Gasteiger partial charge in [-0.25, -0.2) is 0 Å². The molecular weight excluding hydrogens is 294 g/mol. The quantitative estimate of drug-likeness (QED) is 0.677. The highest BCUT2D eigenvalue weighted by Gasteiger charge is 2.21. The number of hydrogen-bond acceptors (Lipinski definition) is 4. The van der Waals surface area contributed by atoms with Crippen LogP contribution in [0.4, 0.5) is 5.69 Å². The van der Waals surface area contributed by atoms with Crippen LogP contribution >= 0.6 is 0 Å². The van der Waals surface area contributed by atoms with Crippen LogP contribution in [0.3, 0.4) is 0 Å². The van der Waals surface area contributed by atoms with E-state index in [1.54, 1.807) is 12.1 Å². The number of ether oxygens (including phenoxy) is 1. The molecule has 0 aliphatic heterocycles. The Kier molecular flexibility index (Phi) is 5.98. The molecule has 4 N–H and O–H groups in total. The van der Waals surface area contributed by atoms with Crippen LogP contribution in [-0.2, 0) is 9.59 Å². The average Bonchev–Trinajstić information content (AvgIpc) is 3.35. The second-order valence-corrected chi connectivity index (χ2v) is 6.31. The van der Waals surface area contributed by atoms with Gasteiger partial charge in [-0.3, -0.25) is 9.59 Å². The smallest absolute Gasteiger partial charge is 0.243 e. The highest BCUT2D eigenvalue weighted by Crippen LogP contribution is 2.29. The van der Waals surface area contributed by atoms with Crippen LogP contribution in [0.25, 0.3) is 0 Å². The molecule has 0 aromatic heterocycles. The summed E-state index contributed by atoms with van der Waals surface area (Å²) in [5.41, 5.74) is 6.38. The van der Waals surface area contributed by atoms with Gasteiger partial charge >= 0.3 is 0 Å². The fraction of sp³-hybridized carbons (Fsp3) is 0.529. The first-order chi connectivity index (χ1) is 11.0. The molecule has 1 atom stereocenters. The molecule has 1 saturated carbocycles. The maximum Gasteiger partial charge on any atom is 0.243 e. The zero-order chi connectivity index (χ0) is 16.8. The van der Waals surface area contributed by atoms with Crippen molar-refractivity contribution < 1.29 is 14.3 Å². The van der Waals surface area contributed by atoms with Crippen molar-refractivity contribution in [1.29, 1.82) is 0 Å². The van der Waals surface area contributed by atoms with Gasteiger partial charge in [0, 0.05) is 5.69 Å². The van der Waals surface area contributed by atoms with Crippen molar-refractivity contribution >= 4 is 17.5 Å². The predicted molar refractivity (Wildman–Crippen MR) is 89.1 cm³/mol. The van der Waals surface area contributed by atoms with E-state index in [4.69, 9.17) is 10.5 Å². The SMILES string of the molecule is CC(C)[C@H](N)C(=O)NCC(=O)Nc1ccc(OCC2CC2)cc1. The molecule has 0 saturated heterocycles. The van der Waals surface area contributed by atoms with Crippen molar-refractivity contribution in [2.75, 3.05) is 18.5 Å². The maximum atomic E-state index is 11.8. The summed E-state index contributed by atoms with van der Waals surface area (Å²) in [7, 11) is 0. The van der Waals surface area contributed by atoms with E-state index in [-0.39, 0.29) is 24.3 Å². The van der Waals surface area contributed by atoms with Crippen molar-refractivity contribution in [3.05, 3.63) is 24.3 Å². The lowest BCUT2D eigenvalue weighted by Gasteiger charge is -2.15. The standard InChI is InChI=1S/C17H25N3O3/c1-11(2)16(18)17(22)19-9-15(21)20-13-5-7-14(8-6-13)23-10-12-3-4-12/h5-8,11-12,16H,3-4,9-10,18H2,1-2H3,(H,19,22)(H,20,21)/t16-/m0/s1. The van der Waals surface area contributed by atoms with Gasteiger partial charge in [-0.15, -0.1) is 0 Å². The Morgan fingerprint density at radius 1 is 1.26 bits per heavy atom. The highest BCUT2D eigenvalue weighted by atomic mass is 16.5. The number of carbonyl (C=O) groups excluding carboxylic acids is 2. The molecule has 23 heavy (non-hydrogen) atoms. The van der Waals surface area contributed by atoms with Gasteiger partial charge in [0.05, 0.1) is 19.2 Å². The number of amides is 2. The Bertz CT molecular complexity index is 539. The molecule has 1 aliphatic carbocycles. The van der Waals surface area contributed by atoms with Crippen LogP contribution in [0.15, 0.2) is 24.3 Å². The fourth-order valence-electron chi connectivity index (χ4n) is 1.93. The largest absolute Gasteiger partial charge is 0.493 e. The lowest BCUT2D eigenvalue weighted by Crippen LogP contribution is -2.46. The average molecular weight is 319 g/mol. The topological polar surface area (TPSA) is 93.5 Å². The second kappa shape index (κ2) is 7.97. The number of hydrogen-bond donors (Lipinski definition) is 3. The van der Waals surface area contributed by atoms with E-state index < -0.39 is 6.04 Å². The van der Waals surface area contributed by atoms with Gasteiger partial charge in [-0.2, -0.15) is 0 Å². The van der Waals surface area contributed by atoms with Crippen molar-refractivity contribution in [3.8, 4) is 5.75 Å². The monoisotopic (exact) mass is 319 g/mol. The summed E-state index contributed by atoms with van der Waals surface area (Å²) < 4.78 is 5.63. The van der Waals surface area contributed by atoms with Crippen LogP contribution in [-0.4, -0.2) is 31.0 Å². The Morgan fingerprint density at radius 3 is 2.48 bits per heavy atom. The Hall–Kier alpha value is -2.08. The van der Waals surface area contributed by atoms with Crippen LogP contribution in [0, 0.1) is 11.8 Å². The Morgan fingerprint density at radius 2 is 1.91 bits per heavy atom. The van der Waals surface area contributed by atoms with E-state index in [9.17, 15) is 9.59 Å². The van der Waals surface area contributed by atoms with Crippen LogP contribution < -0.4 is 21.1 Å². The van der Waals surface area contributed by atoms with E-state index in [2.05, 4.69) is 10.6 Å². The maximum absolute atomic E-state index is 11.8. The Balaban J connectivity index is 1.72. The van der Waals surface area contributed by atoms with Gasteiger partial charge in [-0.05, 0) is 48.9 Å². The minimum absolute atomic E-state index is 0.0289. The molecule has 0 spiro atoms. The summed E-state index contributed by atoms with van der Waals surface area (Å²) in [4.78, 5) is 23.5. The lowest BCUT2D eigenvalue weighted by molar-refractivity contribution is -0.125. The summed E-state index contributed by atoms with van der Waals surface area (Å²) in [6, 6.07) is 6.60. The van der Waals surface area contributed by atoms with Gasteiger partial charge in [0.25, 0.3) is 0 Å². The summed E-state index contributed by atoms with van der Waals surface area (Å²) >= 11 is 0. The second-order valence-electron chi connectivity index (χ2n) is 6.31. The zero-order valence-corrected chi connectivity index (χ0v) is 13.7. The molecule has 126 valence electrons. The first-order valence-corrected chi connectivity index (χ1v) is 8.01. The van der Waals surface area contributed by atoms with Gasteiger partial charge < -0.3 is 21.1 Å². The van der Waals surface area contributed by atoms with Crippen LogP contribution in [0.1, 0.15) is 26.7 Å². The number of anilines is 1. The van der Waals surface area contributed by atoms with Crippen molar-refractivity contribution in [1.82, 2.24) is 5.32 Å². The third kappa shape index (κ3) is 5.90. The molecule has 2 rings (SSSR count). The molecule has 0 unspecified atom stereocenters. The zero-order valence-electron chi connectivity index (χ0n) is 13.7. The molecule has 0 heterocycles. The number of benzene rings is 1. The van der Waals surface area contributed by atoms with Gasteiger partial charge in [-0.1, -0.05) is 13.8 Å². The van der Waals surface area contributed by atoms with E-state index in [1.165, 1.54) is 12.8 Å². The molecule has 6 heteroatoms. The molecule has 0 bridgehead atoms. The molecular formula is C17H25N3O3. The highest BCUT2D eigenvalue weighted by molar-refractivity contribution is 5.95. The molecule has 1 aliphatic rings. The van der Waals surface area contributed by atoms with Gasteiger partial charge in [0.2, 0.25) is 11.8 Å². The summed E-state index contributed by atoms with van der Waals surface area (Å²) in [5.74, 6) is 0.919. The molecule has 6 nitrogen and oxygen atoms in total. The van der Waals surface area contributed by atoms with Crippen LogP contribution in [0.5, 0.6) is 5.75 Å². The fourth-order valence-corrected chi connectivity index (χ4v) is 1.93. The van der Waals surface area contributed by atoms with Crippen molar-refractivity contribution in [3.63, 3.8) is 0 Å². The van der Waals surface area contributed by atoms with Crippen LogP contribution in [0.2, 0.25) is 0 Å². The van der Waals surface area contributed by atoms with E-state index in [1.807, 2.05) is 26.0 Å². The normalized spacial score (nSPS) is 15.1. The van der Waals surface area contributed by atoms with Crippen molar-refractivity contribution in [2.45, 2.75) is 32.7 Å². The van der Waals surface area contributed by atoms with E-state index >= 15 is 0 Å². The van der Waals surface area contributed by atoms with Crippen molar-refractivity contribution in [2.24, 2.45) is 17.6 Å². The third-order valence-electron chi connectivity index (χ3n) is 3.76. The first-order valence-electron chi connectivity index (χ1n) is 8.01. The number of carbonyl (C=O) groups is 2.